The number of alkyl halides is 3. The molecular formula is C21H15F3N4O2S. The number of urea groups is 1. The van der Waals surface area contributed by atoms with Gasteiger partial charge < -0.3 is 5.32 Å². The minimum atomic E-state index is -4.59. The lowest BCUT2D eigenvalue weighted by atomic mass is 9.94. The van der Waals surface area contributed by atoms with Crippen LogP contribution in [-0.2, 0) is 17.0 Å². The van der Waals surface area contributed by atoms with Crippen LogP contribution < -0.4 is 10.2 Å². The predicted octanol–water partition coefficient (Wildman–Crippen LogP) is 4.38. The van der Waals surface area contributed by atoms with E-state index in [1.54, 1.807) is 0 Å². The number of nitrogens with one attached hydrogen (secondary N) is 1. The second kappa shape index (κ2) is 8.25. The number of amides is 2. The van der Waals surface area contributed by atoms with Gasteiger partial charge in [0, 0.05) is 16.8 Å². The van der Waals surface area contributed by atoms with Gasteiger partial charge in [-0.3, -0.25) is 9.11 Å². The Hall–Kier alpha value is -3.63. The Balaban J connectivity index is 2.15. The Kier molecular flexibility index (Phi) is 5.87. The zero-order valence-electron chi connectivity index (χ0n) is 16.3. The fourth-order valence-corrected chi connectivity index (χ4v) is 4.15. The summed E-state index contributed by atoms with van der Waals surface area (Å²) in [5, 5.41) is 21.5. The first-order valence-electron chi connectivity index (χ1n) is 8.84. The number of nitrogens with zero attached hydrogens (tertiary/aromatic N) is 3. The zero-order valence-corrected chi connectivity index (χ0v) is 17.1. The van der Waals surface area contributed by atoms with E-state index in [4.69, 9.17) is 5.26 Å². The van der Waals surface area contributed by atoms with Crippen LogP contribution >= 0.6 is 0 Å². The lowest BCUT2D eigenvalue weighted by molar-refractivity contribution is -0.137. The molecule has 0 saturated heterocycles. The second-order valence-electron chi connectivity index (χ2n) is 6.70. The van der Waals surface area contributed by atoms with Gasteiger partial charge in [0.15, 0.2) is 0 Å². The Morgan fingerprint density at radius 3 is 2.42 bits per heavy atom. The number of rotatable bonds is 3. The summed E-state index contributed by atoms with van der Waals surface area (Å²) in [5.74, 6) is 0. The highest BCUT2D eigenvalue weighted by molar-refractivity contribution is 7.84. The van der Waals surface area contributed by atoms with Crippen LogP contribution in [0, 0.1) is 22.7 Å². The Morgan fingerprint density at radius 1 is 1.13 bits per heavy atom. The second-order valence-corrected chi connectivity index (χ2v) is 8.04. The van der Waals surface area contributed by atoms with Gasteiger partial charge in [-0.1, -0.05) is 12.1 Å². The van der Waals surface area contributed by atoms with Gasteiger partial charge in [-0.15, -0.1) is 0 Å². The summed E-state index contributed by atoms with van der Waals surface area (Å²) in [7, 11) is -1.52. The molecule has 2 aromatic rings. The van der Waals surface area contributed by atoms with Crippen LogP contribution in [0.4, 0.5) is 23.7 Å². The van der Waals surface area contributed by atoms with Crippen LogP contribution in [0.3, 0.4) is 0 Å². The molecule has 0 aromatic heterocycles. The highest BCUT2D eigenvalue weighted by atomic mass is 32.2. The van der Waals surface area contributed by atoms with Crippen molar-refractivity contribution in [2.45, 2.75) is 24.0 Å². The molecule has 2 atom stereocenters. The summed E-state index contributed by atoms with van der Waals surface area (Å²) >= 11 is 0. The number of carbonyl (C=O) groups is 1. The van der Waals surface area contributed by atoms with Crippen molar-refractivity contribution >= 4 is 22.5 Å². The van der Waals surface area contributed by atoms with Crippen molar-refractivity contribution in [3.05, 3.63) is 70.4 Å². The minimum Gasteiger partial charge on any atom is -0.326 e. The fraction of sp³-hybridized carbons (Fsp3) is 0.190. The monoisotopic (exact) mass is 444 g/mol. The molecule has 1 aliphatic heterocycles. The molecule has 158 valence electrons. The molecule has 0 spiro atoms. The third-order valence-corrected chi connectivity index (χ3v) is 5.77. The average Bonchev–Trinajstić information content (AvgIpc) is 2.72. The van der Waals surface area contributed by atoms with Crippen LogP contribution in [-0.4, -0.2) is 16.5 Å². The topological polar surface area (TPSA) is 97.0 Å². The lowest BCUT2D eigenvalue weighted by Crippen LogP contribution is -2.46. The Bertz CT molecular complexity index is 1210. The molecule has 0 bridgehead atoms. The summed E-state index contributed by atoms with van der Waals surface area (Å²) < 4.78 is 51.5. The van der Waals surface area contributed by atoms with Gasteiger partial charge in [-0.2, -0.15) is 23.7 Å². The van der Waals surface area contributed by atoms with E-state index in [-0.39, 0.29) is 27.4 Å². The maximum absolute atomic E-state index is 13.1. The number of benzene rings is 2. The van der Waals surface area contributed by atoms with Crippen molar-refractivity contribution in [1.82, 2.24) is 5.32 Å². The van der Waals surface area contributed by atoms with E-state index in [0.717, 1.165) is 17.0 Å². The quantitative estimate of drug-likeness (QED) is 0.760. The number of hydrogen-bond donors (Lipinski definition) is 1. The van der Waals surface area contributed by atoms with E-state index >= 15 is 0 Å². The average molecular weight is 444 g/mol. The Morgan fingerprint density at radius 2 is 1.84 bits per heavy atom. The van der Waals surface area contributed by atoms with Crippen molar-refractivity contribution < 1.29 is 22.2 Å². The van der Waals surface area contributed by atoms with Crippen molar-refractivity contribution in [2.24, 2.45) is 0 Å². The third kappa shape index (κ3) is 4.16. The van der Waals surface area contributed by atoms with E-state index in [2.05, 4.69) is 5.32 Å². The first-order chi connectivity index (χ1) is 14.6. The van der Waals surface area contributed by atoms with Crippen molar-refractivity contribution in [3.8, 4) is 12.1 Å². The van der Waals surface area contributed by atoms with Crippen molar-refractivity contribution in [3.63, 3.8) is 0 Å². The Labute approximate surface area is 178 Å². The van der Waals surface area contributed by atoms with E-state index in [9.17, 15) is 27.4 Å². The minimum absolute atomic E-state index is 0.0462. The third-order valence-electron chi connectivity index (χ3n) is 4.80. The molecule has 0 fully saturated rings. The smallest absolute Gasteiger partial charge is 0.326 e. The first-order valence-corrected chi connectivity index (χ1v) is 10.4. The molecule has 1 N–H and O–H groups in total. The predicted molar refractivity (Wildman–Crippen MR) is 107 cm³/mol. The normalized spacial score (nSPS) is 17.6. The van der Waals surface area contributed by atoms with E-state index in [1.807, 2.05) is 12.1 Å². The van der Waals surface area contributed by atoms with Crippen molar-refractivity contribution in [1.29, 1.82) is 10.5 Å². The molecule has 0 aliphatic carbocycles. The zero-order chi connectivity index (χ0) is 22.9. The molecule has 3 rings (SSSR count). The SMILES string of the molecule is CC1=C(C#N)C(c2ccc(C#N)cc2[S@@](C)=O)NC(=O)N1c1cccc(C(F)(F)F)c1. The molecule has 31 heavy (non-hydrogen) atoms. The molecule has 2 amide bonds. The van der Waals surface area contributed by atoms with Gasteiger partial charge in [0.1, 0.15) is 0 Å². The molecule has 1 unspecified atom stereocenters. The van der Waals surface area contributed by atoms with Gasteiger partial charge in [0.05, 0.1) is 51.4 Å². The molecule has 10 heteroatoms. The summed E-state index contributed by atoms with van der Waals surface area (Å²) in [6.07, 6.45) is -3.19. The highest BCUT2D eigenvalue weighted by Gasteiger charge is 2.36. The molecule has 6 nitrogen and oxygen atoms in total. The van der Waals surface area contributed by atoms with Crippen LogP contribution in [0.25, 0.3) is 0 Å². The van der Waals surface area contributed by atoms with E-state index in [0.29, 0.717) is 5.56 Å². The molecule has 1 aliphatic rings. The van der Waals surface area contributed by atoms with Gasteiger partial charge in [-0.05, 0) is 42.8 Å². The lowest BCUT2D eigenvalue weighted by Gasteiger charge is -2.34. The molecular weight excluding hydrogens is 429 g/mol. The van der Waals surface area contributed by atoms with Crippen molar-refractivity contribution in [2.75, 3.05) is 11.2 Å². The molecule has 2 aromatic carbocycles. The summed E-state index contributed by atoms with van der Waals surface area (Å²) in [5.41, 5.74) is -0.119. The summed E-state index contributed by atoms with van der Waals surface area (Å²) in [6.45, 7) is 1.46. The van der Waals surface area contributed by atoms with E-state index in [1.165, 1.54) is 43.5 Å². The molecule has 0 radical (unpaired) electrons. The van der Waals surface area contributed by atoms with Gasteiger partial charge in [0.2, 0.25) is 0 Å². The van der Waals surface area contributed by atoms with E-state index < -0.39 is 34.6 Å². The van der Waals surface area contributed by atoms with Crippen LogP contribution in [0.15, 0.2) is 58.6 Å². The molecule has 1 heterocycles. The maximum Gasteiger partial charge on any atom is 0.416 e. The number of hydrogen-bond acceptors (Lipinski definition) is 4. The largest absolute Gasteiger partial charge is 0.416 e. The van der Waals surface area contributed by atoms with Gasteiger partial charge >= 0.3 is 12.2 Å². The number of anilines is 1. The standard InChI is InChI=1S/C21H15F3N4O2S/c1-12-17(11-26)19(16-7-6-13(10-25)8-18(16)31(2)30)27-20(29)28(12)15-5-3-4-14(9-15)21(22,23)24/h3-9,19H,1-2H3,(H,27,29)/t19?,31-/m1/s1. The van der Waals surface area contributed by atoms with Crippen LogP contribution in [0.2, 0.25) is 0 Å². The fourth-order valence-electron chi connectivity index (χ4n) is 3.34. The molecule has 0 saturated carbocycles. The van der Waals surface area contributed by atoms with Crippen LogP contribution in [0.1, 0.15) is 29.7 Å². The number of allylic oxidation sites excluding steroid dienone is 1. The number of nitriles is 2. The summed E-state index contributed by atoms with van der Waals surface area (Å²) in [6, 6.07) is 10.9. The first kappa shape index (κ1) is 22.1. The van der Waals surface area contributed by atoms with Crippen LogP contribution in [0.5, 0.6) is 0 Å². The van der Waals surface area contributed by atoms with Gasteiger partial charge in [0.25, 0.3) is 0 Å². The number of halogens is 3. The highest BCUT2D eigenvalue weighted by Crippen LogP contribution is 2.37. The summed E-state index contributed by atoms with van der Waals surface area (Å²) in [4.78, 5) is 14.1. The number of carbonyl (C=O) groups excluding carboxylic acids is 1. The van der Waals surface area contributed by atoms with Gasteiger partial charge in [-0.25, -0.2) is 4.79 Å². The maximum atomic E-state index is 13.1.